The molecule has 8 heteroatoms. The first kappa shape index (κ1) is 19.0. The molecule has 152 valence electrons. The SMILES string of the molecule is O=c1c2c(c3cn[nH]c3n1Cc1ccc(Cl)cc1)CN(Cc1cc(F)cc(F)c1)C2. The molecule has 1 aliphatic heterocycles. The van der Waals surface area contributed by atoms with Gasteiger partial charge in [-0.1, -0.05) is 23.7 Å². The number of hydrogen-bond acceptors (Lipinski definition) is 3. The van der Waals surface area contributed by atoms with Crippen molar-refractivity contribution >= 4 is 22.6 Å². The minimum Gasteiger partial charge on any atom is -0.290 e. The maximum absolute atomic E-state index is 13.5. The zero-order valence-corrected chi connectivity index (χ0v) is 16.6. The van der Waals surface area contributed by atoms with Gasteiger partial charge in [-0.15, -0.1) is 0 Å². The molecule has 4 aromatic rings. The van der Waals surface area contributed by atoms with Crippen LogP contribution in [0.3, 0.4) is 0 Å². The van der Waals surface area contributed by atoms with Crippen molar-refractivity contribution in [1.29, 1.82) is 0 Å². The molecule has 0 saturated heterocycles. The first-order valence-corrected chi connectivity index (χ1v) is 9.85. The second kappa shape index (κ2) is 7.34. The number of rotatable bonds is 4. The number of hydrogen-bond donors (Lipinski definition) is 1. The van der Waals surface area contributed by atoms with Gasteiger partial charge in [-0.05, 0) is 41.0 Å². The van der Waals surface area contributed by atoms with Crippen molar-refractivity contribution in [2.24, 2.45) is 0 Å². The van der Waals surface area contributed by atoms with E-state index >= 15 is 0 Å². The Morgan fingerprint density at radius 1 is 0.967 bits per heavy atom. The van der Waals surface area contributed by atoms with Gasteiger partial charge in [-0.2, -0.15) is 5.10 Å². The van der Waals surface area contributed by atoms with Crippen molar-refractivity contribution in [2.45, 2.75) is 26.2 Å². The molecule has 0 unspecified atom stereocenters. The predicted octanol–water partition coefficient (Wildman–Crippen LogP) is 4.22. The van der Waals surface area contributed by atoms with E-state index in [1.165, 1.54) is 12.1 Å². The standard InChI is InChI=1S/C22H17ClF2N4O/c23-15-3-1-13(2-4-15)10-29-21-18(8-26-27-21)19-11-28(12-20(19)22(29)30)9-14-5-16(24)7-17(25)6-14/h1-8H,9-12H2,(H,26,27). The van der Waals surface area contributed by atoms with Crippen molar-refractivity contribution in [3.8, 4) is 0 Å². The number of nitrogens with one attached hydrogen (secondary N) is 1. The summed E-state index contributed by atoms with van der Waals surface area (Å²) in [7, 11) is 0. The Morgan fingerprint density at radius 2 is 1.67 bits per heavy atom. The summed E-state index contributed by atoms with van der Waals surface area (Å²) in [5, 5.41) is 8.60. The molecular formula is C22H17ClF2N4O. The lowest BCUT2D eigenvalue weighted by atomic mass is 10.1. The van der Waals surface area contributed by atoms with Crippen LogP contribution in [0, 0.1) is 11.6 Å². The Labute approximate surface area is 175 Å². The minimum absolute atomic E-state index is 0.0929. The third-order valence-electron chi connectivity index (χ3n) is 5.43. The van der Waals surface area contributed by atoms with Crippen molar-refractivity contribution < 1.29 is 8.78 Å². The van der Waals surface area contributed by atoms with Gasteiger partial charge in [-0.25, -0.2) is 8.78 Å². The molecule has 0 bridgehead atoms. The molecule has 3 heterocycles. The number of pyridine rings is 1. The van der Waals surface area contributed by atoms with Crippen LogP contribution in [0.1, 0.15) is 22.3 Å². The van der Waals surface area contributed by atoms with E-state index in [9.17, 15) is 13.6 Å². The molecule has 0 aliphatic carbocycles. The monoisotopic (exact) mass is 426 g/mol. The third-order valence-corrected chi connectivity index (χ3v) is 5.68. The second-order valence-electron chi connectivity index (χ2n) is 7.53. The molecule has 0 fully saturated rings. The van der Waals surface area contributed by atoms with Crippen LogP contribution in [0.2, 0.25) is 5.02 Å². The third kappa shape index (κ3) is 3.40. The first-order chi connectivity index (χ1) is 14.5. The number of benzene rings is 2. The summed E-state index contributed by atoms with van der Waals surface area (Å²) in [6.07, 6.45) is 1.72. The molecule has 0 saturated carbocycles. The van der Waals surface area contributed by atoms with Gasteiger partial charge in [0, 0.05) is 41.7 Å². The number of halogens is 3. The number of nitrogens with zero attached hydrogens (tertiary/aromatic N) is 3. The zero-order chi connectivity index (χ0) is 20.8. The lowest BCUT2D eigenvalue weighted by Crippen LogP contribution is -2.26. The summed E-state index contributed by atoms with van der Waals surface area (Å²) in [5.41, 5.74) is 3.65. The van der Waals surface area contributed by atoms with Crippen molar-refractivity contribution in [1.82, 2.24) is 19.7 Å². The highest BCUT2D eigenvalue weighted by atomic mass is 35.5. The average molecular weight is 427 g/mol. The lowest BCUT2D eigenvalue weighted by Gasteiger charge is -2.14. The molecule has 1 aliphatic rings. The maximum atomic E-state index is 13.5. The molecule has 0 spiro atoms. The molecule has 1 N–H and O–H groups in total. The van der Waals surface area contributed by atoms with Crippen molar-refractivity contribution in [2.75, 3.05) is 0 Å². The number of H-pyrrole nitrogens is 1. The maximum Gasteiger partial charge on any atom is 0.257 e. The topological polar surface area (TPSA) is 53.9 Å². The highest BCUT2D eigenvalue weighted by Gasteiger charge is 2.27. The van der Waals surface area contributed by atoms with E-state index in [1.807, 2.05) is 17.0 Å². The van der Waals surface area contributed by atoms with Crippen molar-refractivity contribution in [3.63, 3.8) is 0 Å². The Kier molecular flexibility index (Phi) is 4.64. The summed E-state index contributed by atoms with van der Waals surface area (Å²) in [4.78, 5) is 15.3. The normalized spacial score (nSPS) is 13.8. The summed E-state index contributed by atoms with van der Waals surface area (Å²) in [6.45, 7) is 1.66. The van der Waals surface area contributed by atoms with E-state index in [-0.39, 0.29) is 5.56 Å². The quantitative estimate of drug-likeness (QED) is 0.531. The second-order valence-corrected chi connectivity index (χ2v) is 7.97. The largest absolute Gasteiger partial charge is 0.290 e. The molecule has 5 nitrogen and oxygen atoms in total. The molecule has 0 radical (unpaired) electrons. The van der Waals surface area contributed by atoms with Crippen LogP contribution in [-0.2, 0) is 26.2 Å². The Balaban J connectivity index is 1.50. The number of fused-ring (bicyclic) bond motifs is 3. The van der Waals surface area contributed by atoms with Gasteiger partial charge in [0.25, 0.3) is 5.56 Å². The van der Waals surface area contributed by atoms with E-state index in [0.717, 1.165) is 22.6 Å². The van der Waals surface area contributed by atoms with Crippen LogP contribution >= 0.6 is 11.6 Å². The Hall–Kier alpha value is -3.03. The van der Waals surface area contributed by atoms with Crippen LogP contribution in [-0.4, -0.2) is 19.7 Å². The fourth-order valence-corrected chi connectivity index (χ4v) is 4.23. The number of aromatic amines is 1. The van der Waals surface area contributed by atoms with E-state index in [4.69, 9.17) is 11.6 Å². The molecule has 30 heavy (non-hydrogen) atoms. The molecule has 5 rings (SSSR count). The molecule has 2 aromatic carbocycles. The Morgan fingerprint density at radius 3 is 2.40 bits per heavy atom. The van der Waals surface area contributed by atoms with Gasteiger partial charge in [0.2, 0.25) is 0 Å². The first-order valence-electron chi connectivity index (χ1n) is 9.47. The van der Waals surface area contributed by atoms with E-state index in [2.05, 4.69) is 10.2 Å². The molecule has 0 amide bonds. The Bertz CT molecular complexity index is 1290. The van der Waals surface area contributed by atoms with E-state index in [1.54, 1.807) is 22.9 Å². The number of aromatic nitrogens is 3. The zero-order valence-electron chi connectivity index (χ0n) is 15.8. The van der Waals surface area contributed by atoms with E-state index in [0.29, 0.717) is 48.0 Å². The van der Waals surface area contributed by atoms with Gasteiger partial charge >= 0.3 is 0 Å². The lowest BCUT2D eigenvalue weighted by molar-refractivity contribution is 0.274. The van der Waals surface area contributed by atoms with Crippen LogP contribution in [0.5, 0.6) is 0 Å². The van der Waals surface area contributed by atoms with Gasteiger partial charge in [0.05, 0.1) is 12.7 Å². The van der Waals surface area contributed by atoms with Gasteiger partial charge in [0.15, 0.2) is 0 Å². The van der Waals surface area contributed by atoms with Gasteiger partial charge in [-0.3, -0.25) is 19.4 Å². The highest BCUT2D eigenvalue weighted by Crippen LogP contribution is 2.28. The summed E-state index contributed by atoms with van der Waals surface area (Å²) >= 11 is 5.97. The molecule has 2 aromatic heterocycles. The van der Waals surface area contributed by atoms with Gasteiger partial charge in [0.1, 0.15) is 17.3 Å². The van der Waals surface area contributed by atoms with Crippen molar-refractivity contribution in [3.05, 3.63) is 97.9 Å². The van der Waals surface area contributed by atoms with Gasteiger partial charge < -0.3 is 0 Å². The molecular weight excluding hydrogens is 410 g/mol. The summed E-state index contributed by atoms with van der Waals surface area (Å²) in [5.74, 6) is -1.21. The molecule has 0 atom stereocenters. The van der Waals surface area contributed by atoms with Crippen LogP contribution in [0.15, 0.2) is 53.5 Å². The minimum atomic E-state index is -0.607. The van der Waals surface area contributed by atoms with Crippen LogP contribution < -0.4 is 5.56 Å². The fourth-order valence-electron chi connectivity index (χ4n) is 4.10. The average Bonchev–Trinajstić information content (AvgIpc) is 3.33. The van der Waals surface area contributed by atoms with E-state index < -0.39 is 11.6 Å². The van der Waals surface area contributed by atoms with Crippen LogP contribution in [0.4, 0.5) is 8.78 Å². The summed E-state index contributed by atoms with van der Waals surface area (Å²) in [6, 6.07) is 10.8. The smallest absolute Gasteiger partial charge is 0.257 e. The van der Waals surface area contributed by atoms with Crippen LogP contribution in [0.25, 0.3) is 11.0 Å². The predicted molar refractivity (Wildman–Crippen MR) is 110 cm³/mol. The summed E-state index contributed by atoms with van der Waals surface area (Å²) < 4.78 is 28.8. The fraction of sp³-hybridized carbons (Fsp3) is 0.182. The highest BCUT2D eigenvalue weighted by molar-refractivity contribution is 6.30.